The van der Waals surface area contributed by atoms with Crippen LogP contribution in [0, 0.1) is 11.6 Å². The first-order valence-corrected chi connectivity index (χ1v) is 10.7. The molecule has 1 N–H and O–H groups in total. The molecule has 0 atom stereocenters. The van der Waals surface area contributed by atoms with Crippen LogP contribution in [-0.2, 0) is 9.53 Å². The topological polar surface area (TPSA) is 55.4 Å². The SMILES string of the molecule is CCOC(=O)/C=C/c1ccc(F)c(NC(=O)c2cc(-c3ccccc3F)cc3ccccc23)c1. The minimum Gasteiger partial charge on any atom is -0.463 e. The van der Waals surface area contributed by atoms with Gasteiger partial charge in [0.25, 0.3) is 5.91 Å². The molecule has 0 heterocycles. The van der Waals surface area contributed by atoms with Gasteiger partial charge in [0.1, 0.15) is 11.6 Å². The maximum atomic E-state index is 14.5. The molecule has 170 valence electrons. The summed E-state index contributed by atoms with van der Waals surface area (Å²) in [7, 11) is 0. The number of amides is 1. The van der Waals surface area contributed by atoms with Crippen LogP contribution in [0.1, 0.15) is 22.8 Å². The van der Waals surface area contributed by atoms with Gasteiger partial charge in [0.15, 0.2) is 0 Å². The Kier molecular flexibility index (Phi) is 6.78. The standard InChI is InChI=1S/C28H21F2NO3/c1-2-34-27(32)14-12-18-11-13-25(30)26(15-18)31-28(33)23-17-20(22-9-5-6-10-24(22)29)16-19-7-3-4-8-21(19)23/h3-17H,2H2,1H3,(H,31,33)/b14-12+. The molecule has 0 aliphatic carbocycles. The number of anilines is 1. The first-order chi connectivity index (χ1) is 16.5. The summed E-state index contributed by atoms with van der Waals surface area (Å²) in [5.41, 5.74) is 1.64. The minimum atomic E-state index is -0.629. The van der Waals surface area contributed by atoms with Crippen LogP contribution in [0.25, 0.3) is 28.0 Å². The number of hydrogen-bond acceptors (Lipinski definition) is 3. The molecule has 4 aromatic carbocycles. The zero-order valence-electron chi connectivity index (χ0n) is 18.3. The third-order valence-electron chi connectivity index (χ3n) is 5.23. The minimum absolute atomic E-state index is 0.0450. The van der Waals surface area contributed by atoms with E-state index in [0.29, 0.717) is 22.1 Å². The third-order valence-corrected chi connectivity index (χ3v) is 5.23. The van der Waals surface area contributed by atoms with Crippen molar-refractivity contribution in [3.63, 3.8) is 0 Å². The summed E-state index contributed by atoms with van der Waals surface area (Å²) in [6.07, 6.45) is 2.70. The lowest BCUT2D eigenvalue weighted by Gasteiger charge is -2.13. The quantitative estimate of drug-likeness (QED) is 0.262. The van der Waals surface area contributed by atoms with E-state index in [1.165, 1.54) is 36.4 Å². The van der Waals surface area contributed by atoms with Crippen LogP contribution >= 0.6 is 0 Å². The van der Waals surface area contributed by atoms with Crippen LogP contribution in [0.15, 0.2) is 84.9 Å². The Hall–Kier alpha value is -4.32. The molecule has 6 heteroatoms. The highest BCUT2D eigenvalue weighted by atomic mass is 19.1. The summed E-state index contributed by atoms with van der Waals surface area (Å²) >= 11 is 0. The first kappa shape index (κ1) is 22.9. The van der Waals surface area contributed by atoms with Crippen LogP contribution < -0.4 is 5.32 Å². The molecular formula is C28H21F2NO3. The van der Waals surface area contributed by atoms with Crippen LogP contribution in [-0.4, -0.2) is 18.5 Å². The monoisotopic (exact) mass is 457 g/mol. The molecule has 4 aromatic rings. The summed E-state index contributed by atoms with van der Waals surface area (Å²) < 4.78 is 33.8. The lowest BCUT2D eigenvalue weighted by Crippen LogP contribution is -2.14. The Bertz CT molecular complexity index is 1410. The van der Waals surface area contributed by atoms with E-state index < -0.39 is 23.5 Å². The highest BCUT2D eigenvalue weighted by Gasteiger charge is 2.16. The van der Waals surface area contributed by atoms with Crippen molar-refractivity contribution in [2.24, 2.45) is 0 Å². The summed E-state index contributed by atoms with van der Waals surface area (Å²) in [4.78, 5) is 24.8. The Morgan fingerprint density at radius 1 is 0.912 bits per heavy atom. The summed E-state index contributed by atoms with van der Waals surface area (Å²) in [6.45, 7) is 1.94. The van der Waals surface area contributed by atoms with Gasteiger partial charge >= 0.3 is 5.97 Å². The largest absolute Gasteiger partial charge is 0.463 e. The lowest BCUT2D eigenvalue weighted by atomic mass is 9.96. The van der Waals surface area contributed by atoms with Crippen LogP contribution in [0.3, 0.4) is 0 Å². The Morgan fingerprint density at radius 3 is 2.47 bits per heavy atom. The normalized spacial score (nSPS) is 11.0. The Labute approximate surface area is 195 Å². The molecule has 0 aliphatic rings. The maximum Gasteiger partial charge on any atom is 0.330 e. The first-order valence-electron chi connectivity index (χ1n) is 10.7. The highest BCUT2D eigenvalue weighted by Crippen LogP contribution is 2.30. The number of hydrogen-bond donors (Lipinski definition) is 1. The molecule has 0 aromatic heterocycles. The highest BCUT2D eigenvalue weighted by molar-refractivity contribution is 6.14. The molecule has 34 heavy (non-hydrogen) atoms. The van der Waals surface area contributed by atoms with Gasteiger partial charge < -0.3 is 10.1 Å². The van der Waals surface area contributed by atoms with Gasteiger partial charge in [-0.15, -0.1) is 0 Å². The van der Waals surface area contributed by atoms with Crippen LogP contribution in [0.2, 0.25) is 0 Å². The molecule has 0 saturated heterocycles. The molecular weight excluding hydrogens is 436 g/mol. The average molecular weight is 457 g/mol. The zero-order chi connectivity index (χ0) is 24.1. The number of carbonyl (C=O) groups is 2. The molecule has 0 aliphatic heterocycles. The van der Waals surface area contributed by atoms with Crippen molar-refractivity contribution in [3.05, 3.63) is 108 Å². The molecule has 4 rings (SSSR count). The van der Waals surface area contributed by atoms with Crippen molar-refractivity contribution in [1.82, 2.24) is 0 Å². The second-order valence-electron chi connectivity index (χ2n) is 7.50. The fraction of sp³-hybridized carbons (Fsp3) is 0.0714. The van der Waals surface area contributed by atoms with Gasteiger partial charge in [0.2, 0.25) is 0 Å². The van der Waals surface area contributed by atoms with Gasteiger partial charge in [-0.05, 0) is 65.2 Å². The molecule has 0 spiro atoms. The van der Waals surface area contributed by atoms with E-state index in [0.717, 1.165) is 5.39 Å². The van der Waals surface area contributed by atoms with E-state index in [1.54, 1.807) is 43.3 Å². The van der Waals surface area contributed by atoms with Gasteiger partial charge in [-0.3, -0.25) is 4.79 Å². The fourth-order valence-corrected chi connectivity index (χ4v) is 3.64. The molecule has 4 nitrogen and oxygen atoms in total. The number of ether oxygens (including phenoxy) is 1. The van der Waals surface area contributed by atoms with E-state index in [2.05, 4.69) is 5.32 Å². The van der Waals surface area contributed by atoms with Crippen molar-refractivity contribution in [3.8, 4) is 11.1 Å². The molecule has 0 radical (unpaired) electrons. The molecule has 0 unspecified atom stereocenters. The Balaban J connectivity index is 1.71. The van der Waals surface area contributed by atoms with Crippen molar-refractivity contribution < 1.29 is 23.1 Å². The zero-order valence-corrected chi connectivity index (χ0v) is 18.3. The number of carbonyl (C=O) groups excluding carboxylic acids is 2. The summed E-state index contributed by atoms with van der Waals surface area (Å²) in [6, 6.07) is 21.1. The van der Waals surface area contributed by atoms with Gasteiger partial charge in [0, 0.05) is 17.2 Å². The molecule has 0 saturated carbocycles. The van der Waals surface area contributed by atoms with Crippen molar-refractivity contribution in [2.75, 3.05) is 11.9 Å². The lowest BCUT2D eigenvalue weighted by molar-refractivity contribution is -0.137. The fourth-order valence-electron chi connectivity index (χ4n) is 3.64. The number of fused-ring (bicyclic) bond motifs is 1. The predicted molar refractivity (Wildman–Crippen MR) is 129 cm³/mol. The summed E-state index contributed by atoms with van der Waals surface area (Å²) in [5, 5.41) is 4.01. The second-order valence-corrected chi connectivity index (χ2v) is 7.50. The average Bonchev–Trinajstić information content (AvgIpc) is 2.84. The van der Waals surface area contributed by atoms with E-state index in [1.807, 2.05) is 18.2 Å². The van der Waals surface area contributed by atoms with Crippen LogP contribution in [0.4, 0.5) is 14.5 Å². The van der Waals surface area contributed by atoms with Gasteiger partial charge in [-0.25, -0.2) is 13.6 Å². The molecule has 0 fully saturated rings. The summed E-state index contributed by atoms with van der Waals surface area (Å²) in [5.74, 6) is -2.10. The van der Waals surface area contributed by atoms with E-state index in [9.17, 15) is 18.4 Å². The van der Waals surface area contributed by atoms with E-state index >= 15 is 0 Å². The van der Waals surface area contributed by atoms with E-state index in [-0.39, 0.29) is 17.9 Å². The second kappa shape index (κ2) is 10.1. The van der Waals surface area contributed by atoms with Crippen molar-refractivity contribution >= 4 is 34.4 Å². The number of esters is 1. The number of benzene rings is 4. The van der Waals surface area contributed by atoms with Crippen LogP contribution in [0.5, 0.6) is 0 Å². The number of nitrogens with one attached hydrogen (secondary N) is 1. The number of rotatable bonds is 6. The number of halogens is 2. The molecule has 0 bridgehead atoms. The van der Waals surface area contributed by atoms with E-state index in [4.69, 9.17) is 4.74 Å². The smallest absolute Gasteiger partial charge is 0.330 e. The third kappa shape index (κ3) is 5.02. The van der Waals surface area contributed by atoms with Crippen molar-refractivity contribution in [2.45, 2.75) is 6.92 Å². The van der Waals surface area contributed by atoms with Gasteiger partial charge in [-0.2, -0.15) is 0 Å². The van der Waals surface area contributed by atoms with Crippen molar-refractivity contribution in [1.29, 1.82) is 0 Å². The maximum absolute atomic E-state index is 14.5. The van der Waals surface area contributed by atoms with Gasteiger partial charge in [0.05, 0.1) is 12.3 Å². The molecule has 1 amide bonds. The predicted octanol–water partition coefficient (Wildman–Crippen LogP) is 6.61. The Morgan fingerprint density at radius 2 is 1.68 bits per heavy atom. The van der Waals surface area contributed by atoms with Gasteiger partial charge in [-0.1, -0.05) is 48.5 Å².